The van der Waals surface area contributed by atoms with Crippen LogP contribution in [-0.4, -0.2) is 29.5 Å². The first-order valence-electron chi connectivity index (χ1n) is 17.0. The zero-order valence-electron chi connectivity index (χ0n) is 28.2. The van der Waals surface area contributed by atoms with Crippen molar-refractivity contribution < 1.29 is 0 Å². The molecule has 9 rings (SSSR count). The summed E-state index contributed by atoms with van der Waals surface area (Å²) in [4.78, 5) is 23.8. The van der Waals surface area contributed by atoms with Crippen molar-refractivity contribution in [1.29, 1.82) is 0 Å². The van der Waals surface area contributed by atoms with Crippen LogP contribution in [0.2, 0.25) is 0 Å². The first kappa shape index (κ1) is 30.3. The van der Waals surface area contributed by atoms with Crippen molar-refractivity contribution in [3.63, 3.8) is 0 Å². The number of hydrogen-bond donors (Lipinski definition) is 0. The summed E-state index contributed by atoms with van der Waals surface area (Å²) in [5.74, 6) is 1.66. The summed E-state index contributed by atoms with van der Waals surface area (Å²) >= 11 is 0. The van der Waals surface area contributed by atoms with Crippen LogP contribution in [0.1, 0.15) is 11.1 Å². The van der Waals surface area contributed by atoms with Gasteiger partial charge in [0.05, 0.1) is 16.7 Å². The summed E-state index contributed by atoms with van der Waals surface area (Å²) in [5.41, 5.74) is 12.7. The summed E-state index contributed by atoms with van der Waals surface area (Å²) < 4.78 is 2.44. The number of nitrogens with zero attached hydrogens (tertiary/aromatic N) is 6. The Balaban J connectivity index is 1.41. The second-order valence-electron chi connectivity index (χ2n) is 12.8. The molecule has 0 radical (unpaired) electrons. The number of aromatic nitrogens is 6. The molecule has 4 aromatic heterocycles. The largest absolute Gasteiger partial charge is 0.308 e. The Labute approximate surface area is 295 Å². The molecule has 6 heteroatoms. The summed E-state index contributed by atoms with van der Waals surface area (Å²) in [6.45, 7) is 4.32. The summed E-state index contributed by atoms with van der Waals surface area (Å²) in [6.07, 6.45) is 7.07. The summed E-state index contributed by atoms with van der Waals surface area (Å²) in [7, 11) is 0. The van der Waals surface area contributed by atoms with E-state index < -0.39 is 0 Å². The lowest BCUT2D eigenvalue weighted by Crippen LogP contribution is -2.04. The number of aryl methyl sites for hydroxylation is 2. The number of benzene rings is 5. The predicted molar refractivity (Wildman–Crippen MR) is 206 cm³/mol. The maximum atomic E-state index is 5.09. The van der Waals surface area contributed by atoms with Crippen LogP contribution in [0.5, 0.6) is 0 Å². The third-order valence-electron chi connectivity index (χ3n) is 9.31. The van der Waals surface area contributed by atoms with Gasteiger partial charge in [0.25, 0.3) is 0 Å². The van der Waals surface area contributed by atoms with Gasteiger partial charge >= 0.3 is 0 Å². The molecule has 51 heavy (non-hydrogen) atoms. The minimum atomic E-state index is 0.548. The summed E-state index contributed by atoms with van der Waals surface area (Å²) in [6, 6.07) is 46.9. The van der Waals surface area contributed by atoms with Crippen molar-refractivity contribution in [1.82, 2.24) is 29.5 Å². The molecular formula is C45H32N6. The standard InChI is InChI=1S/C45H32N6/c1-29-17-19-40-38(23-29)39-24-30(2)18-20-41(39)51(40)42-36(31-11-5-3-6-12-31)25-35(26-37(42)32-13-7-4-8-14-32)45-49-43(33-15-9-21-46-27-33)48-44(50-45)34-16-10-22-47-28-34/h3-28H,1-2H3. The van der Waals surface area contributed by atoms with Gasteiger partial charge in [-0.05, 0) is 85.6 Å². The fourth-order valence-electron chi connectivity index (χ4n) is 6.93. The molecule has 9 aromatic rings. The van der Waals surface area contributed by atoms with Crippen molar-refractivity contribution >= 4 is 21.8 Å². The molecule has 0 aliphatic rings. The van der Waals surface area contributed by atoms with E-state index in [1.807, 2.05) is 24.3 Å². The molecule has 0 aliphatic heterocycles. The van der Waals surface area contributed by atoms with E-state index in [9.17, 15) is 0 Å². The minimum Gasteiger partial charge on any atom is -0.308 e. The van der Waals surface area contributed by atoms with E-state index in [0.29, 0.717) is 17.5 Å². The lowest BCUT2D eigenvalue weighted by molar-refractivity contribution is 1.07. The van der Waals surface area contributed by atoms with E-state index in [1.165, 1.54) is 21.9 Å². The van der Waals surface area contributed by atoms with Crippen LogP contribution in [0.4, 0.5) is 0 Å². The average molecular weight is 657 g/mol. The highest BCUT2D eigenvalue weighted by molar-refractivity contribution is 6.11. The number of fused-ring (bicyclic) bond motifs is 3. The van der Waals surface area contributed by atoms with Crippen molar-refractivity contribution in [3.05, 3.63) is 169 Å². The monoisotopic (exact) mass is 656 g/mol. The smallest absolute Gasteiger partial charge is 0.165 e. The molecule has 242 valence electrons. The zero-order valence-corrected chi connectivity index (χ0v) is 28.2. The van der Waals surface area contributed by atoms with E-state index in [0.717, 1.165) is 55.7 Å². The van der Waals surface area contributed by atoms with Crippen LogP contribution in [0.15, 0.2) is 158 Å². The van der Waals surface area contributed by atoms with Gasteiger partial charge in [-0.15, -0.1) is 0 Å². The number of rotatable bonds is 6. The predicted octanol–water partition coefficient (Wildman–Crippen LogP) is 10.7. The SMILES string of the molecule is Cc1ccc2c(c1)c1cc(C)ccc1n2-c1c(-c2ccccc2)cc(-c2nc(-c3cccnc3)nc(-c3cccnc3)n2)cc1-c1ccccc1. The second-order valence-corrected chi connectivity index (χ2v) is 12.8. The molecule has 0 unspecified atom stereocenters. The van der Waals surface area contributed by atoms with Gasteiger partial charge in [-0.1, -0.05) is 83.9 Å². The topological polar surface area (TPSA) is 69.4 Å². The average Bonchev–Trinajstić information content (AvgIpc) is 3.50. The van der Waals surface area contributed by atoms with Crippen molar-refractivity contribution in [2.24, 2.45) is 0 Å². The molecule has 0 bridgehead atoms. The minimum absolute atomic E-state index is 0.548. The van der Waals surface area contributed by atoms with E-state index in [2.05, 4.69) is 138 Å². The van der Waals surface area contributed by atoms with Gasteiger partial charge in [0.2, 0.25) is 0 Å². The van der Waals surface area contributed by atoms with E-state index >= 15 is 0 Å². The molecule has 0 N–H and O–H groups in total. The third-order valence-corrected chi connectivity index (χ3v) is 9.31. The van der Waals surface area contributed by atoms with Crippen LogP contribution >= 0.6 is 0 Å². The van der Waals surface area contributed by atoms with E-state index in [-0.39, 0.29) is 0 Å². The molecule has 0 saturated heterocycles. The first-order chi connectivity index (χ1) is 25.1. The van der Waals surface area contributed by atoms with Gasteiger partial charge in [0.1, 0.15) is 0 Å². The van der Waals surface area contributed by atoms with Crippen LogP contribution in [-0.2, 0) is 0 Å². The quantitative estimate of drug-likeness (QED) is 0.178. The Morgan fingerprint density at radius 2 is 0.843 bits per heavy atom. The van der Waals surface area contributed by atoms with E-state index in [1.54, 1.807) is 24.8 Å². The van der Waals surface area contributed by atoms with Crippen LogP contribution < -0.4 is 0 Å². The normalized spacial score (nSPS) is 11.3. The van der Waals surface area contributed by atoms with E-state index in [4.69, 9.17) is 15.0 Å². The Kier molecular flexibility index (Phi) is 7.47. The highest BCUT2D eigenvalue weighted by Gasteiger charge is 2.23. The van der Waals surface area contributed by atoms with Gasteiger partial charge < -0.3 is 4.57 Å². The molecule has 6 nitrogen and oxygen atoms in total. The fourth-order valence-corrected chi connectivity index (χ4v) is 6.93. The first-order valence-corrected chi connectivity index (χ1v) is 17.0. The van der Waals surface area contributed by atoms with Gasteiger partial charge in [-0.25, -0.2) is 15.0 Å². The molecule has 0 aliphatic carbocycles. The third kappa shape index (κ3) is 5.53. The fraction of sp³-hybridized carbons (Fsp3) is 0.0444. The Hall–Kier alpha value is -6.79. The maximum absolute atomic E-state index is 5.09. The lowest BCUT2D eigenvalue weighted by atomic mass is 9.92. The Bertz CT molecular complexity index is 2510. The zero-order chi connectivity index (χ0) is 34.3. The molecule has 4 heterocycles. The Morgan fingerprint density at radius 1 is 0.412 bits per heavy atom. The number of hydrogen-bond acceptors (Lipinski definition) is 5. The maximum Gasteiger partial charge on any atom is 0.165 e. The molecule has 0 spiro atoms. The molecule has 0 atom stereocenters. The highest BCUT2D eigenvalue weighted by Crippen LogP contribution is 2.44. The van der Waals surface area contributed by atoms with Crippen LogP contribution in [0, 0.1) is 13.8 Å². The lowest BCUT2D eigenvalue weighted by Gasteiger charge is -2.21. The summed E-state index contributed by atoms with van der Waals surface area (Å²) in [5, 5.41) is 2.46. The Morgan fingerprint density at radius 3 is 1.27 bits per heavy atom. The molecule has 0 saturated carbocycles. The van der Waals surface area contributed by atoms with Gasteiger partial charge in [-0.3, -0.25) is 9.97 Å². The molecule has 0 fully saturated rings. The van der Waals surface area contributed by atoms with Crippen molar-refractivity contribution in [3.8, 4) is 62.1 Å². The van der Waals surface area contributed by atoms with Gasteiger partial charge in [0.15, 0.2) is 17.5 Å². The number of pyridine rings is 2. The van der Waals surface area contributed by atoms with Crippen molar-refractivity contribution in [2.45, 2.75) is 13.8 Å². The molecule has 0 amide bonds. The second kappa shape index (κ2) is 12.6. The van der Waals surface area contributed by atoms with Crippen molar-refractivity contribution in [2.75, 3.05) is 0 Å². The molecular weight excluding hydrogens is 625 g/mol. The highest BCUT2D eigenvalue weighted by atomic mass is 15.0. The van der Waals surface area contributed by atoms with Crippen LogP contribution in [0.3, 0.4) is 0 Å². The van der Waals surface area contributed by atoms with Gasteiger partial charge in [-0.2, -0.15) is 0 Å². The van der Waals surface area contributed by atoms with Crippen LogP contribution in [0.25, 0.3) is 83.9 Å². The molecule has 5 aromatic carbocycles. The van der Waals surface area contributed by atoms with Gasteiger partial charge in [0, 0.05) is 63.4 Å².